The summed E-state index contributed by atoms with van der Waals surface area (Å²) in [6.45, 7) is 8.19. The molecule has 4 heteroatoms. The van der Waals surface area contributed by atoms with Crippen molar-refractivity contribution in [2.24, 2.45) is 4.99 Å². The maximum Gasteiger partial charge on any atom is 0.0638 e. The molecule has 0 fully saturated rings. The van der Waals surface area contributed by atoms with Gasteiger partial charge in [0.25, 0.3) is 0 Å². The lowest BCUT2D eigenvalue weighted by Gasteiger charge is -2.10. The van der Waals surface area contributed by atoms with Crippen LogP contribution < -0.4 is 5.73 Å². The van der Waals surface area contributed by atoms with Gasteiger partial charge in [-0.15, -0.1) is 0 Å². The van der Waals surface area contributed by atoms with Crippen LogP contribution in [0.5, 0.6) is 0 Å². The van der Waals surface area contributed by atoms with Crippen molar-refractivity contribution >= 4 is 39.4 Å². The molecule has 1 aliphatic rings. The predicted molar refractivity (Wildman–Crippen MR) is 106 cm³/mol. The minimum absolute atomic E-state index is 0.419. The van der Waals surface area contributed by atoms with Crippen LogP contribution in [0.4, 0.5) is 5.69 Å². The van der Waals surface area contributed by atoms with Crippen LogP contribution in [0.3, 0.4) is 0 Å². The summed E-state index contributed by atoms with van der Waals surface area (Å²) in [4.78, 5) is 4.18. The molecular weight excluding hydrogens is 360 g/mol. The summed E-state index contributed by atoms with van der Waals surface area (Å²) in [6, 6.07) is 3.98. The Labute approximate surface area is 149 Å². The SMILES string of the molecule is CC.CC1=CCc2ccc(Cl)c(N)c2CC1.CN=CC(C)Br. The van der Waals surface area contributed by atoms with Crippen LogP contribution in [0, 0.1) is 0 Å². The molecule has 0 radical (unpaired) electrons. The van der Waals surface area contributed by atoms with Gasteiger partial charge in [0.2, 0.25) is 0 Å². The Morgan fingerprint density at radius 1 is 1.32 bits per heavy atom. The van der Waals surface area contributed by atoms with Crippen molar-refractivity contribution in [3.8, 4) is 0 Å². The van der Waals surface area contributed by atoms with Gasteiger partial charge < -0.3 is 5.73 Å². The molecule has 0 saturated carbocycles. The lowest BCUT2D eigenvalue weighted by atomic mass is 10.0. The van der Waals surface area contributed by atoms with E-state index >= 15 is 0 Å². The fourth-order valence-electron chi connectivity index (χ4n) is 2.08. The summed E-state index contributed by atoms with van der Waals surface area (Å²) in [7, 11) is 1.76. The Morgan fingerprint density at radius 2 is 1.95 bits per heavy atom. The van der Waals surface area contributed by atoms with Gasteiger partial charge in [0.1, 0.15) is 0 Å². The van der Waals surface area contributed by atoms with E-state index in [4.69, 9.17) is 17.3 Å². The van der Waals surface area contributed by atoms with Crippen molar-refractivity contribution in [3.63, 3.8) is 0 Å². The van der Waals surface area contributed by atoms with Gasteiger partial charge >= 0.3 is 0 Å². The number of benzene rings is 1. The third-order valence-corrected chi connectivity index (χ3v) is 3.76. The molecule has 0 amide bonds. The number of rotatable bonds is 1. The van der Waals surface area contributed by atoms with Crippen molar-refractivity contribution < 1.29 is 0 Å². The van der Waals surface area contributed by atoms with E-state index in [1.165, 1.54) is 16.7 Å². The lowest BCUT2D eigenvalue weighted by molar-refractivity contribution is 0.950. The van der Waals surface area contributed by atoms with Crippen molar-refractivity contribution in [1.29, 1.82) is 0 Å². The smallest absolute Gasteiger partial charge is 0.0638 e. The summed E-state index contributed by atoms with van der Waals surface area (Å²) in [6.07, 6.45) is 7.21. The van der Waals surface area contributed by atoms with E-state index in [9.17, 15) is 0 Å². The molecule has 0 aromatic heterocycles. The van der Waals surface area contributed by atoms with Crippen LogP contribution in [-0.4, -0.2) is 18.1 Å². The first-order valence-corrected chi connectivity index (χ1v) is 9.02. The third-order valence-electron chi connectivity index (χ3n) is 3.20. The molecule has 1 aliphatic carbocycles. The molecule has 2 N–H and O–H groups in total. The Morgan fingerprint density at radius 3 is 2.45 bits per heavy atom. The highest BCUT2D eigenvalue weighted by Crippen LogP contribution is 2.30. The number of anilines is 1. The van der Waals surface area contributed by atoms with Gasteiger partial charge in [0, 0.05) is 18.1 Å². The normalized spacial score (nSPS) is 14.6. The van der Waals surface area contributed by atoms with E-state index in [-0.39, 0.29) is 0 Å². The predicted octanol–water partition coefficient (Wildman–Crippen LogP) is 5.85. The number of hydrogen-bond donors (Lipinski definition) is 1. The van der Waals surface area contributed by atoms with Crippen molar-refractivity contribution in [1.82, 2.24) is 0 Å². The number of nitrogens with two attached hydrogens (primary N) is 1. The molecule has 1 aromatic carbocycles. The molecule has 124 valence electrons. The highest BCUT2D eigenvalue weighted by atomic mass is 79.9. The quantitative estimate of drug-likeness (QED) is 0.279. The van der Waals surface area contributed by atoms with Gasteiger partial charge in [-0.2, -0.15) is 0 Å². The number of halogens is 2. The third kappa shape index (κ3) is 7.46. The average molecular weight is 388 g/mol. The largest absolute Gasteiger partial charge is 0.397 e. The van der Waals surface area contributed by atoms with Crippen LogP contribution >= 0.6 is 27.5 Å². The number of aliphatic imine (C=N–C) groups is 1. The van der Waals surface area contributed by atoms with Crippen LogP contribution in [0.25, 0.3) is 0 Å². The molecular formula is C18H28BrClN2. The van der Waals surface area contributed by atoms with Crippen LogP contribution in [0.1, 0.15) is 45.2 Å². The molecule has 2 rings (SSSR count). The second kappa shape index (κ2) is 11.7. The molecule has 1 atom stereocenters. The first-order chi connectivity index (χ1) is 10.5. The Bertz CT molecular complexity index is 508. The average Bonchev–Trinajstić information content (AvgIpc) is 2.68. The number of fused-ring (bicyclic) bond motifs is 1. The van der Waals surface area contributed by atoms with Crippen molar-refractivity contribution in [3.05, 3.63) is 39.9 Å². The molecule has 0 spiro atoms. The second-order valence-corrected chi connectivity index (χ2v) is 6.79. The molecule has 1 unspecified atom stereocenters. The van der Waals surface area contributed by atoms with E-state index in [1.807, 2.05) is 33.1 Å². The van der Waals surface area contributed by atoms with Gasteiger partial charge in [-0.25, -0.2) is 0 Å². The van der Waals surface area contributed by atoms with E-state index in [0.29, 0.717) is 9.85 Å². The Hall–Kier alpha value is -0.800. The Kier molecular flexibility index (Phi) is 11.3. The van der Waals surface area contributed by atoms with Gasteiger partial charge in [-0.1, -0.05) is 59.1 Å². The molecule has 0 bridgehead atoms. The van der Waals surface area contributed by atoms with E-state index < -0.39 is 0 Å². The van der Waals surface area contributed by atoms with E-state index in [0.717, 1.165) is 24.9 Å². The standard InChI is InChI=1S/C12H14ClN.C4H8BrN.C2H6/c1-8-2-4-9-5-7-11(13)12(14)10(9)6-3-8;1-4(5)3-6-2;1-2/h2,5,7H,3-4,6,14H2,1H3;3-4H,1-2H3;1-2H3. The van der Waals surface area contributed by atoms with E-state index in [1.54, 1.807) is 7.05 Å². The second-order valence-electron chi connectivity index (χ2n) is 4.94. The first-order valence-electron chi connectivity index (χ1n) is 7.73. The van der Waals surface area contributed by atoms with Crippen molar-refractivity contribution in [2.75, 3.05) is 12.8 Å². The zero-order valence-corrected chi connectivity index (χ0v) is 16.6. The highest BCUT2D eigenvalue weighted by Gasteiger charge is 2.11. The monoisotopic (exact) mass is 386 g/mol. The maximum absolute atomic E-state index is 5.99. The minimum atomic E-state index is 0.419. The first kappa shape index (κ1) is 21.2. The summed E-state index contributed by atoms with van der Waals surface area (Å²) >= 11 is 9.28. The number of alkyl halides is 1. The molecule has 2 nitrogen and oxygen atoms in total. The molecule has 1 aromatic rings. The van der Waals surface area contributed by atoms with Gasteiger partial charge in [-0.05, 0) is 50.3 Å². The number of nitrogen functional groups attached to an aromatic ring is 1. The summed E-state index contributed by atoms with van der Waals surface area (Å²) in [5.41, 5.74) is 10.7. The number of hydrogen-bond acceptors (Lipinski definition) is 2. The minimum Gasteiger partial charge on any atom is -0.397 e. The highest BCUT2D eigenvalue weighted by molar-refractivity contribution is 9.09. The van der Waals surface area contributed by atoms with Crippen LogP contribution in [-0.2, 0) is 12.8 Å². The topological polar surface area (TPSA) is 38.4 Å². The fraction of sp³-hybridized carbons (Fsp3) is 0.500. The molecule has 0 aliphatic heterocycles. The van der Waals surface area contributed by atoms with Gasteiger partial charge in [0.15, 0.2) is 0 Å². The van der Waals surface area contributed by atoms with Crippen molar-refractivity contribution in [2.45, 2.75) is 51.8 Å². The van der Waals surface area contributed by atoms with Gasteiger partial charge in [0.05, 0.1) is 10.7 Å². The zero-order chi connectivity index (χ0) is 17.1. The summed E-state index contributed by atoms with van der Waals surface area (Å²) in [5, 5.41) is 0.684. The molecule has 22 heavy (non-hydrogen) atoms. The lowest BCUT2D eigenvalue weighted by Crippen LogP contribution is -1.99. The Balaban J connectivity index is 0.000000470. The van der Waals surface area contributed by atoms with Crippen LogP contribution in [0.2, 0.25) is 5.02 Å². The van der Waals surface area contributed by atoms with E-state index in [2.05, 4.69) is 40.0 Å². The summed E-state index contributed by atoms with van der Waals surface area (Å²) in [5.74, 6) is 0. The van der Waals surface area contributed by atoms with Gasteiger partial charge in [-0.3, -0.25) is 4.99 Å². The fourth-order valence-corrected chi connectivity index (χ4v) is 2.50. The number of nitrogens with zero attached hydrogens (tertiary/aromatic N) is 1. The van der Waals surface area contributed by atoms with Crippen LogP contribution in [0.15, 0.2) is 28.8 Å². The number of allylic oxidation sites excluding steroid dienone is 2. The molecule has 0 saturated heterocycles. The maximum atomic E-state index is 5.99. The zero-order valence-electron chi connectivity index (χ0n) is 14.3. The summed E-state index contributed by atoms with van der Waals surface area (Å²) < 4.78 is 0. The molecule has 0 heterocycles.